The SMILES string of the molecule is Fc1ccc(COc2ccc(Cl)cc2CBr)c(C(F)(F)F)c1. The number of alkyl halides is 4. The summed E-state index contributed by atoms with van der Waals surface area (Å²) in [5, 5.41) is 0.942. The van der Waals surface area contributed by atoms with Gasteiger partial charge in [0, 0.05) is 21.5 Å². The molecule has 118 valence electrons. The summed E-state index contributed by atoms with van der Waals surface area (Å²) in [4.78, 5) is 0. The third-order valence-corrected chi connectivity index (χ3v) is 3.77. The molecule has 0 atom stereocenters. The van der Waals surface area contributed by atoms with E-state index in [0.29, 0.717) is 27.7 Å². The van der Waals surface area contributed by atoms with Crippen molar-refractivity contribution in [1.29, 1.82) is 0 Å². The van der Waals surface area contributed by atoms with Crippen molar-refractivity contribution in [1.82, 2.24) is 0 Å². The molecule has 0 aromatic heterocycles. The summed E-state index contributed by atoms with van der Waals surface area (Å²) in [6.07, 6.45) is -4.64. The molecule has 0 fully saturated rings. The lowest BCUT2D eigenvalue weighted by Crippen LogP contribution is -2.11. The molecule has 2 rings (SSSR count). The Balaban J connectivity index is 2.26. The van der Waals surface area contributed by atoms with Gasteiger partial charge in [-0.15, -0.1) is 0 Å². The Labute approximate surface area is 138 Å². The normalized spacial score (nSPS) is 11.5. The van der Waals surface area contributed by atoms with Crippen molar-refractivity contribution >= 4 is 27.5 Å². The average molecular weight is 398 g/mol. The molecule has 0 N–H and O–H groups in total. The Morgan fingerprint density at radius 1 is 1.05 bits per heavy atom. The zero-order valence-electron chi connectivity index (χ0n) is 11.1. The number of ether oxygens (including phenoxy) is 1. The van der Waals surface area contributed by atoms with Crippen LogP contribution in [0.25, 0.3) is 0 Å². The lowest BCUT2D eigenvalue weighted by atomic mass is 10.1. The van der Waals surface area contributed by atoms with Crippen molar-refractivity contribution in [2.45, 2.75) is 18.1 Å². The minimum atomic E-state index is -4.64. The van der Waals surface area contributed by atoms with Crippen molar-refractivity contribution in [2.75, 3.05) is 0 Å². The largest absolute Gasteiger partial charge is 0.489 e. The topological polar surface area (TPSA) is 9.23 Å². The van der Waals surface area contributed by atoms with Gasteiger partial charge in [-0.05, 0) is 30.3 Å². The van der Waals surface area contributed by atoms with Crippen LogP contribution in [-0.4, -0.2) is 0 Å². The molecular formula is C15H10BrClF4O. The van der Waals surface area contributed by atoms with Gasteiger partial charge in [0.2, 0.25) is 0 Å². The van der Waals surface area contributed by atoms with Gasteiger partial charge < -0.3 is 4.74 Å². The van der Waals surface area contributed by atoms with Crippen LogP contribution in [0.4, 0.5) is 17.6 Å². The van der Waals surface area contributed by atoms with Crippen LogP contribution in [0.5, 0.6) is 5.75 Å². The predicted molar refractivity (Wildman–Crippen MR) is 79.8 cm³/mol. The van der Waals surface area contributed by atoms with Crippen LogP contribution < -0.4 is 4.74 Å². The van der Waals surface area contributed by atoms with Crippen LogP contribution in [0.2, 0.25) is 5.02 Å². The first-order valence-corrected chi connectivity index (χ1v) is 7.64. The van der Waals surface area contributed by atoms with Crippen LogP contribution >= 0.6 is 27.5 Å². The third-order valence-electron chi connectivity index (χ3n) is 2.93. The average Bonchev–Trinajstić information content (AvgIpc) is 2.45. The van der Waals surface area contributed by atoms with E-state index in [4.69, 9.17) is 16.3 Å². The highest BCUT2D eigenvalue weighted by Gasteiger charge is 2.33. The maximum Gasteiger partial charge on any atom is 0.416 e. The molecule has 0 aliphatic heterocycles. The molecule has 0 bridgehead atoms. The fourth-order valence-electron chi connectivity index (χ4n) is 1.89. The third kappa shape index (κ3) is 4.14. The van der Waals surface area contributed by atoms with E-state index in [-0.39, 0.29) is 12.2 Å². The number of hydrogen-bond acceptors (Lipinski definition) is 1. The number of halogens is 6. The van der Waals surface area contributed by atoms with Gasteiger partial charge in [0.15, 0.2) is 0 Å². The minimum absolute atomic E-state index is 0.135. The van der Waals surface area contributed by atoms with E-state index >= 15 is 0 Å². The Morgan fingerprint density at radius 2 is 1.77 bits per heavy atom. The second-order valence-corrected chi connectivity index (χ2v) is 5.47. The van der Waals surface area contributed by atoms with Crippen LogP contribution in [0, 0.1) is 5.82 Å². The van der Waals surface area contributed by atoms with Crippen LogP contribution in [0.15, 0.2) is 36.4 Å². The lowest BCUT2D eigenvalue weighted by Gasteiger charge is -2.15. The summed E-state index contributed by atoms with van der Waals surface area (Å²) >= 11 is 9.10. The molecule has 0 aliphatic rings. The standard InChI is InChI=1S/C15H10BrClF4O/c16-7-10-5-11(17)2-4-14(10)22-8-9-1-3-12(18)6-13(9)15(19,20)21/h1-6H,7-8H2. The zero-order chi connectivity index (χ0) is 16.3. The summed E-state index contributed by atoms with van der Waals surface area (Å²) in [5.74, 6) is -0.526. The number of hydrogen-bond donors (Lipinski definition) is 0. The van der Waals surface area contributed by atoms with Crippen molar-refractivity contribution in [3.8, 4) is 5.75 Å². The summed E-state index contributed by atoms with van der Waals surface area (Å²) in [6, 6.07) is 7.32. The van der Waals surface area contributed by atoms with Crippen LogP contribution in [0.3, 0.4) is 0 Å². The Bertz CT molecular complexity index is 673. The lowest BCUT2D eigenvalue weighted by molar-refractivity contribution is -0.138. The van der Waals surface area contributed by atoms with Crippen LogP contribution in [-0.2, 0) is 18.1 Å². The second kappa shape index (κ2) is 6.87. The molecule has 2 aromatic carbocycles. The summed E-state index contributed by atoms with van der Waals surface area (Å²) in [7, 11) is 0. The van der Waals surface area contributed by atoms with Gasteiger partial charge in [-0.3, -0.25) is 0 Å². The van der Waals surface area contributed by atoms with E-state index in [1.165, 1.54) is 0 Å². The molecule has 22 heavy (non-hydrogen) atoms. The van der Waals surface area contributed by atoms with Gasteiger partial charge >= 0.3 is 6.18 Å². The second-order valence-electron chi connectivity index (χ2n) is 4.47. The molecule has 7 heteroatoms. The molecule has 0 unspecified atom stereocenters. The van der Waals surface area contributed by atoms with Gasteiger partial charge in [-0.2, -0.15) is 13.2 Å². The predicted octanol–water partition coefficient (Wildman–Crippen LogP) is 5.97. The Morgan fingerprint density at radius 3 is 2.41 bits per heavy atom. The van der Waals surface area contributed by atoms with E-state index in [1.54, 1.807) is 18.2 Å². The minimum Gasteiger partial charge on any atom is -0.489 e. The molecule has 1 nitrogen and oxygen atoms in total. The smallest absolute Gasteiger partial charge is 0.416 e. The summed E-state index contributed by atoms with van der Waals surface area (Å²) < 4.78 is 57.2. The molecule has 2 aromatic rings. The summed E-state index contributed by atoms with van der Waals surface area (Å²) in [5.41, 5.74) is -0.464. The fraction of sp³-hybridized carbons (Fsp3) is 0.200. The first kappa shape index (κ1) is 17.1. The maximum absolute atomic E-state index is 13.0. The van der Waals surface area contributed by atoms with E-state index in [9.17, 15) is 17.6 Å². The highest BCUT2D eigenvalue weighted by molar-refractivity contribution is 9.08. The van der Waals surface area contributed by atoms with E-state index in [0.717, 1.165) is 12.1 Å². The van der Waals surface area contributed by atoms with Crippen LogP contribution in [0.1, 0.15) is 16.7 Å². The van der Waals surface area contributed by atoms with Gasteiger partial charge in [0.1, 0.15) is 18.2 Å². The van der Waals surface area contributed by atoms with E-state index < -0.39 is 17.6 Å². The van der Waals surface area contributed by atoms with E-state index in [2.05, 4.69) is 15.9 Å². The Kier molecular flexibility index (Phi) is 5.34. The van der Waals surface area contributed by atoms with Crippen molar-refractivity contribution in [3.63, 3.8) is 0 Å². The highest BCUT2D eigenvalue weighted by Crippen LogP contribution is 2.33. The molecular weight excluding hydrogens is 388 g/mol. The highest BCUT2D eigenvalue weighted by atomic mass is 79.9. The maximum atomic E-state index is 13.0. The Hall–Kier alpha value is -1.27. The summed E-state index contributed by atoms with van der Waals surface area (Å²) in [6.45, 7) is -0.323. The van der Waals surface area contributed by atoms with Gasteiger partial charge in [0.25, 0.3) is 0 Å². The molecule has 0 amide bonds. The van der Waals surface area contributed by atoms with Crippen molar-refractivity contribution in [2.24, 2.45) is 0 Å². The van der Waals surface area contributed by atoms with Crippen molar-refractivity contribution in [3.05, 3.63) is 63.9 Å². The first-order chi connectivity index (χ1) is 10.3. The molecule has 0 saturated carbocycles. The van der Waals surface area contributed by atoms with E-state index in [1.807, 2.05) is 0 Å². The van der Waals surface area contributed by atoms with Gasteiger partial charge in [0.05, 0.1) is 5.56 Å². The van der Waals surface area contributed by atoms with Gasteiger partial charge in [-0.1, -0.05) is 33.6 Å². The molecule has 0 heterocycles. The molecule has 0 saturated heterocycles. The van der Waals surface area contributed by atoms with Gasteiger partial charge in [-0.25, -0.2) is 4.39 Å². The first-order valence-electron chi connectivity index (χ1n) is 6.14. The quantitative estimate of drug-likeness (QED) is 0.456. The molecule has 0 radical (unpaired) electrons. The van der Waals surface area contributed by atoms with Crippen molar-refractivity contribution < 1.29 is 22.3 Å². The number of benzene rings is 2. The monoisotopic (exact) mass is 396 g/mol. The number of rotatable bonds is 4. The zero-order valence-corrected chi connectivity index (χ0v) is 13.4. The molecule has 0 aliphatic carbocycles. The molecule has 0 spiro atoms. The fourth-order valence-corrected chi connectivity index (χ4v) is 2.52.